The molecule has 0 aromatic heterocycles. The van der Waals surface area contributed by atoms with E-state index in [0.29, 0.717) is 0 Å². The second kappa shape index (κ2) is 3.92. The van der Waals surface area contributed by atoms with Crippen LogP contribution in [0.3, 0.4) is 0 Å². The van der Waals surface area contributed by atoms with E-state index in [2.05, 4.69) is 5.92 Å². The molecule has 13 heavy (non-hydrogen) atoms. The van der Waals surface area contributed by atoms with Crippen molar-refractivity contribution in [3.05, 3.63) is 34.6 Å². The molecule has 0 unspecified atom stereocenters. The summed E-state index contributed by atoms with van der Waals surface area (Å²) in [7, 11) is 0. The van der Waals surface area contributed by atoms with E-state index in [4.69, 9.17) is 16.7 Å². The summed E-state index contributed by atoms with van der Waals surface area (Å²) in [5.74, 6) is 1.94. The zero-order valence-electron chi connectivity index (χ0n) is 6.34. The van der Waals surface area contributed by atoms with Crippen molar-refractivity contribution >= 4 is 17.6 Å². The van der Waals surface area contributed by atoms with Gasteiger partial charge in [0, 0.05) is 5.92 Å². The number of rotatable bonds is 0. The molecule has 0 amide bonds. The fourth-order valence-electron chi connectivity index (χ4n) is 0.721. The molecule has 0 spiro atoms. The van der Waals surface area contributed by atoms with Gasteiger partial charge in [-0.15, -0.1) is 0 Å². The van der Waals surface area contributed by atoms with E-state index in [1.54, 1.807) is 5.92 Å². The number of aliphatic carboxylic acids is 1. The van der Waals surface area contributed by atoms with Crippen LogP contribution in [0, 0.1) is 17.7 Å². The molecule has 2 nitrogen and oxygen atoms in total. The van der Waals surface area contributed by atoms with Gasteiger partial charge in [0.15, 0.2) is 5.82 Å². The maximum atomic E-state index is 13.0. The number of carbonyl (C=O) groups is 1. The fourth-order valence-corrected chi connectivity index (χ4v) is 0.896. The number of hydrogen-bond acceptors (Lipinski definition) is 1. The van der Waals surface area contributed by atoms with Crippen molar-refractivity contribution in [3.63, 3.8) is 0 Å². The first kappa shape index (κ1) is 9.56. The molecule has 0 radical (unpaired) electrons. The van der Waals surface area contributed by atoms with Gasteiger partial charge in [-0.25, -0.2) is 9.18 Å². The molecule has 0 heterocycles. The van der Waals surface area contributed by atoms with Crippen molar-refractivity contribution < 1.29 is 14.3 Å². The molecule has 0 aliphatic carbocycles. The van der Waals surface area contributed by atoms with Crippen molar-refractivity contribution in [1.29, 1.82) is 0 Å². The number of benzene rings is 1. The lowest BCUT2D eigenvalue weighted by Crippen LogP contribution is -1.89. The molecule has 1 aromatic rings. The van der Waals surface area contributed by atoms with E-state index in [0.717, 1.165) is 0 Å². The van der Waals surface area contributed by atoms with Crippen molar-refractivity contribution in [2.24, 2.45) is 0 Å². The Labute approximate surface area is 79.0 Å². The Bertz CT molecular complexity index is 404. The lowest BCUT2D eigenvalue weighted by Gasteiger charge is -1.94. The third kappa shape index (κ3) is 2.46. The van der Waals surface area contributed by atoms with Crippen LogP contribution < -0.4 is 0 Å². The highest BCUT2D eigenvalue weighted by molar-refractivity contribution is 6.30. The number of carboxylic acids is 1. The van der Waals surface area contributed by atoms with Gasteiger partial charge in [-0.2, -0.15) is 0 Å². The van der Waals surface area contributed by atoms with E-state index < -0.39 is 11.8 Å². The first-order chi connectivity index (χ1) is 6.11. The highest BCUT2D eigenvalue weighted by Crippen LogP contribution is 2.16. The summed E-state index contributed by atoms with van der Waals surface area (Å²) in [5.41, 5.74) is -0.0186. The maximum Gasteiger partial charge on any atom is 0.382 e. The van der Waals surface area contributed by atoms with Gasteiger partial charge in [0.1, 0.15) is 0 Å². The fraction of sp³-hybridized carbons (Fsp3) is 0. The number of carboxylic acid groups (broad SMARTS) is 1. The Kier molecular flexibility index (Phi) is 2.88. The third-order valence-corrected chi connectivity index (χ3v) is 1.55. The molecular weight excluding hydrogens is 195 g/mol. The van der Waals surface area contributed by atoms with Crippen molar-refractivity contribution in [3.8, 4) is 11.8 Å². The molecule has 66 valence electrons. The van der Waals surface area contributed by atoms with Gasteiger partial charge in [0.25, 0.3) is 0 Å². The van der Waals surface area contributed by atoms with Crippen LogP contribution in [-0.2, 0) is 4.79 Å². The van der Waals surface area contributed by atoms with Crippen molar-refractivity contribution in [2.75, 3.05) is 0 Å². The van der Waals surface area contributed by atoms with Crippen molar-refractivity contribution in [2.45, 2.75) is 0 Å². The van der Waals surface area contributed by atoms with Gasteiger partial charge in [-0.1, -0.05) is 23.6 Å². The highest BCUT2D eigenvalue weighted by Gasteiger charge is 2.02. The quantitative estimate of drug-likeness (QED) is 0.647. The first-order valence-electron chi connectivity index (χ1n) is 3.30. The van der Waals surface area contributed by atoms with E-state index in [1.807, 2.05) is 0 Å². The largest absolute Gasteiger partial charge is 0.472 e. The summed E-state index contributed by atoms with van der Waals surface area (Å²) >= 11 is 5.44. The predicted octanol–water partition coefficient (Wildman–Crippen LogP) is 1.92. The minimum Gasteiger partial charge on any atom is -0.472 e. The maximum absolute atomic E-state index is 13.0. The molecular formula is C9H4ClFO2. The van der Waals surface area contributed by atoms with Gasteiger partial charge in [0.05, 0.1) is 10.6 Å². The van der Waals surface area contributed by atoms with Crippen LogP contribution >= 0.6 is 11.6 Å². The minimum absolute atomic E-state index is 0.0186. The molecule has 0 atom stereocenters. The second-order valence-corrected chi connectivity index (χ2v) is 2.56. The van der Waals surface area contributed by atoms with Crippen LogP contribution in [0.25, 0.3) is 0 Å². The molecule has 0 aliphatic rings. The Morgan fingerprint density at radius 3 is 2.85 bits per heavy atom. The predicted molar refractivity (Wildman–Crippen MR) is 45.9 cm³/mol. The molecule has 1 aromatic carbocycles. The molecule has 0 fully saturated rings. The summed E-state index contributed by atoms with van der Waals surface area (Å²) in [6.45, 7) is 0. The lowest BCUT2D eigenvalue weighted by molar-refractivity contribution is -0.130. The summed E-state index contributed by atoms with van der Waals surface area (Å²) < 4.78 is 13.0. The van der Waals surface area contributed by atoms with E-state index in [-0.39, 0.29) is 10.6 Å². The average Bonchev–Trinajstić information content (AvgIpc) is 2.07. The Balaban J connectivity index is 3.11. The summed E-state index contributed by atoms with van der Waals surface area (Å²) in [4.78, 5) is 10.0. The lowest BCUT2D eigenvalue weighted by atomic mass is 10.2. The molecule has 0 saturated carbocycles. The molecule has 0 bridgehead atoms. The monoisotopic (exact) mass is 198 g/mol. The topological polar surface area (TPSA) is 37.3 Å². The molecule has 4 heteroatoms. The normalized spacial score (nSPS) is 8.77. The van der Waals surface area contributed by atoms with Crippen molar-refractivity contribution in [1.82, 2.24) is 0 Å². The van der Waals surface area contributed by atoms with Gasteiger partial charge in [0.2, 0.25) is 0 Å². The van der Waals surface area contributed by atoms with Crippen LogP contribution in [0.5, 0.6) is 0 Å². The van der Waals surface area contributed by atoms with Crippen LogP contribution in [-0.4, -0.2) is 11.1 Å². The molecule has 0 aliphatic heterocycles. The number of halogens is 2. The van der Waals surface area contributed by atoms with E-state index in [9.17, 15) is 9.18 Å². The second-order valence-electron chi connectivity index (χ2n) is 2.16. The Morgan fingerprint density at radius 1 is 1.54 bits per heavy atom. The number of hydrogen-bond donors (Lipinski definition) is 1. The van der Waals surface area contributed by atoms with Gasteiger partial charge < -0.3 is 5.11 Å². The average molecular weight is 199 g/mol. The summed E-state index contributed by atoms with van der Waals surface area (Å²) in [5, 5.41) is 8.13. The zero-order valence-corrected chi connectivity index (χ0v) is 7.10. The van der Waals surface area contributed by atoms with Crippen LogP contribution in [0.1, 0.15) is 5.56 Å². The van der Waals surface area contributed by atoms with Crippen LogP contribution in [0.15, 0.2) is 18.2 Å². The van der Waals surface area contributed by atoms with Gasteiger partial charge in [-0.3, -0.25) is 0 Å². The summed E-state index contributed by atoms with van der Waals surface area (Å²) in [6, 6.07) is 4.22. The Morgan fingerprint density at radius 2 is 2.23 bits per heavy atom. The zero-order chi connectivity index (χ0) is 9.84. The smallest absolute Gasteiger partial charge is 0.382 e. The van der Waals surface area contributed by atoms with Gasteiger partial charge in [-0.05, 0) is 12.1 Å². The van der Waals surface area contributed by atoms with E-state index in [1.165, 1.54) is 18.2 Å². The Hall–Kier alpha value is -1.53. The van der Waals surface area contributed by atoms with Gasteiger partial charge >= 0.3 is 5.97 Å². The van der Waals surface area contributed by atoms with Crippen LogP contribution in [0.4, 0.5) is 4.39 Å². The molecule has 0 saturated heterocycles. The minimum atomic E-state index is -1.31. The molecule has 1 rings (SSSR count). The highest BCUT2D eigenvalue weighted by atomic mass is 35.5. The summed E-state index contributed by atoms with van der Waals surface area (Å²) in [6.07, 6.45) is 0. The molecule has 1 N–H and O–H groups in total. The van der Waals surface area contributed by atoms with E-state index >= 15 is 0 Å². The van der Waals surface area contributed by atoms with Crippen LogP contribution in [0.2, 0.25) is 5.02 Å². The third-order valence-electron chi connectivity index (χ3n) is 1.26. The standard InChI is InChI=1S/C9H4ClFO2/c10-7-3-1-2-6(9(7)11)4-5-8(12)13/h1-3H,(H,12,13). The SMILES string of the molecule is O=C(O)C#Cc1cccc(Cl)c1F. The first-order valence-corrected chi connectivity index (χ1v) is 3.68.